The molecular formula is C13H18N2O5S. The molecule has 1 aromatic heterocycles. The average Bonchev–Trinajstić information content (AvgIpc) is 2.43. The number of nitrogens with zero attached hydrogens (tertiary/aromatic N) is 1. The standard InChI is InChI=1S/C13H18N2O5S/c1-13(2)9(6-10(13)20-3)15-21(18,19)11-5-4-8(7-14-11)12(16)17/h4-5,7,9-10,15H,6H2,1-3H3,(H,16,17). The number of aromatic carboxylic acids is 1. The van der Waals surface area contributed by atoms with E-state index >= 15 is 0 Å². The number of carboxylic acids is 1. The first-order valence-corrected chi connectivity index (χ1v) is 7.91. The predicted octanol–water partition coefficient (Wildman–Crippen LogP) is 0.872. The van der Waals surface area contributed by atoms with Gasteiger partial charge >= 0.3 is 5.97 Å². The largest absolute Gasteiger partial charge is 0.478 e. The Morgan fingerprint density at radius 1 is 1.48 bits per heavy atom. The zero-order valence-corrected chi connectivity index (χ0v) is 12.8. The van der Waals surface area contributed by atoms with E-state index in [9.17, 15) is 13.2 Å². The Bertz CT molecular complexity index is 639. The van der Waals surface area contributed by atoms with Crippen molar-refractivity contribution in [3.63, 3.8) is 0 Å². The van der Waals surface area contributed by atoms with E-state index in [1.54, 1.807) is 7.11 Å². The van der Waals surface area contributed by atoms with Gasteiger partial charge in [-0.25, -0.2) is 22.9 Å². The Morgan fingerprint density at radius 3 is 2.57 bits per heavy atom. The smallest absolute Gasteiger partial charge is 0.337 e. The summed E-state index contributed by atoms with van der Waals surface area (Å²) in [5, 5.41) is 8.59. The second-order valence-corrected chi connectivity index (χ2v) is 7.31. The van der Waals surface area contributed by atoms with Crippen LogP contribution in [0.25, 0.3) is 0 Å². The number of nitrogens with one attached hydrogen (secondary N) is 1. The third-order valence-electron chi connectivity index (χ3n) is 4.02. The number of carboxylic acid groups (broad SMARTS) is 1. The van der Waals surface area contributed by atoms with Crippen LogP contribution in [0.15, 0.2) is 23.4 Å². The van der Waals surface area contributed by atoms with E-state index in [0.29, 0.717) is 6.42 Å². The van der Waals surface area contributed by atoms with E-state index in [1.165, 1.54) is 12.1 Å². The fraction of sp³-hybridized carbons (Fsp3) is 0.538. The summed E-state index contributed by atoms with van der Waals surface area (Å²) in [6.45, 7) is 3.86. The Labute approximate surface area is 123 Å². The number of aromatic nitrogens is 1. The molecule has 0 radical (unpaired) electrons. The van der Waals surface area contributed by atoms with Gasteiger partial charge in [-0.3, -0.25) is 0 Å². The molecule has 1 aliphatic rings. The van der Waals surface area contributed by atoms with Crippen LogP contribution in [0.4, 0.5) is 0 Å². The lowest BCUT2D eigenvalue weighted by molar-refractivity contribution is -0.0908. The monoisotopic (exact) mass is 314 g/mol. The Hall–Kier alpha value is -1.51. The Kier molecular flexibility index (Phi) is 4.05. The van der Waals surface area contributed by atoms with Crippen molar-refractivity contribution in [2.45, 2.75) is 37.4 Å². The molecule has 0 amide bonds. The molecule has 116 valence electrons. The molecular weight excluding hydrogens is 296 g/mol. The SMILES string of the molecule is COC1CC(NS(=O)(=O)c2ccc(C(=O)O)cn2)C1(C)C. The van der Waals surface area contributed by atoms with Crippen LogP contribution in [0.1, 0.15) is 30.6 Å². The van der Waals surface area contributed by atoms with E-state index in [0.717, 1.165) is 6.20 Å². The lowest BCUT2D eigenvalue weighted by atomic mass is 9.65. The van der Waals surface area contributed by atoms with Crippen LogP contribution in [0.3, 0.4) is 0 Å². The minimum Gasteiger partial charge on any atom is -0.478 e. The van der Waals surface area contributed by atoms with Crippen LogP contribution >= 0.6 is 0 Å². The molecule has 2 N–H and O–H groups in total. The van der Waals surface area contributed by atoms with Crippen LogP contribution in [0.2, 0.25) is 0 Å². The zero-order valence-electron chi connectivity index (χ0n) is 12.0. The highest BCUT2D eigenvalue weighted by Gasteiger charge is 2.50. The second kappa shape index (κ2) is 5.36. The number of ether oxygens (including phenoxy) is 1. The second-order valence-electron chi connectivity index (χ2n) is 5.65. The third-order valence-corrected chi connectivity index (χ3v) is 5.41. The van der Waals surface area contributed by atoms with Gasteiger partial charge in [-0.05, 0) is 18.6 Å². The van der Waals surface area contributed by atoms with Gasteiger partial charge in [0.1, 0.15) is 0 Å². The molecule has 0 spiro atoms. The first-order valence-electron chi connectivity index (χ1n) is 6.43. The van der Waals surface area contributed by atoms with Crippen LogP contribution in [-0.4, -0.2) is 43.7 Å². The van der Waals surface area contributed by atoms with Crippen molar-refractivity contribution in [1.82, 2.24) is 9.71 Å². The van der Waals surface area contributed by atoms with Crippen molar-refractivity contribution >= 4 is 16.0 Å². The summed E-state index contributed by atoms with van der Waals surface area (Å²) in [5.74, 6) is -1.15. The summed E-state index contributed by atoms with van der Waals surface area (Å²) in [6, 6.07) is 2.16. The molecule has 0 saturated heterocycles. The Morgan fingerprint density at radius 2 is 2.14 bits per heavy atom. The van der Waals surface area contributed by atoms with E-state index in [-0.39, 0.29) is 28.2 Å². The molecule has 1 heterocycles. The fourth-order valence-electron chi connectivity index (χ4n) is 2.40. The number of hydrogen-bond donors (Lipinski definition) is 2. The summed E-state index contributed by atoms with van der Waals surface area (Å²) in [5.41, 5.74) is -0.361. The molecule has 2 unspecified atom stereocenters. The van der Waals surface area contributed by atoms with Crippen molar-refractivity contribution in [3.8, 4) is 0 Å². The number of sulfonamides is 1. The van der Waals surface area contributed by atoms with Gasteiger partial charge in [-0.2, -0.15) is 0 Å². The topological polar surface area (TPSA) is 106 Å². The highest BCUT2D eigenvalue weighted by atomic mass is 32.2. The first kappa shape index (κ1) is 15.9. The zero-order chi connectivity index (χ0) is 15.8. The van der Waals surface area contributed by atoms with Crippen LogP contribution < -0.4 is 4.72 Å². The Balaban J connectivity index is 2.14. The summed E-state index contributed by atoms with van der Waals surface area (Å²) >= 11 is 0. The molecule has 21 heavy (non-hydrogen) atoms. The summed E-state index contributed by atoms with van der Waals surface area (Å²) in [4.78, 5) is 14.4. The van der Waals surface area contributed by atoms with Crippen molar-refractivity contribution < 1.29 is 23.1 Å². The minimum absolute atomic E-state index is 0.00699. The molecule has 0 aromatic carbocycles. The van der Waals surface area contributed by atoms with Crippen molar-refractivity contribution in [2.75, 3.05) is 7.11 Å². The number of rotatable bonds is 5. The lowest BCUT2D eigenvalue weighted by Gasteiger charge is -2.50. The summed E-state index contributed by atoms with van der Waals surface area (Å²) < 4.78 is 32.3. The van der Waals surface area contributed by atoms with Crippen molar-refractivity contribution in [2.24, 2.45) is 5.41 Å². The minimum atomic E-state index is -3.78. The van der Waals surface area contributed by atoms with E-state index in [4.69, 9.17) is 9.84 Å². The molecule has 8 heteroatoms. The summed E-state index contributed by atoms with van der Waals surface area (Å²) in [6.07, 6.45) is 1.63. The quantitative estimate of drug-likeness (QED) is 0.835. The highest BCUT2D eigenvalue weighted by Crippen LogP contribution is 2.42. The summed E-state index contributed by atoms with van der Waals surface area (Å²) in [7, 11) is -2.17. The number of hydrogen-bond acceptors (Lipinski definition) is 5. The normalized spacial score (nSPS) is 24.3. The van der Waals surface area contributed by atoms with Crippen molar-refractivity contribution in [1.29, 1.82) is 0 Å². The van der Waals surface area contributed by atoms with Crippen LogP contribution in [0, 0.1) is 5.41 Å². The lowest BCUT2D eigenvalue weighted by Crippen LogP contribution is -2.61. The third kappa shape index (κ3) is 2.92. The molecule has 0 aliphatic heterocycles. The maximum Gasteiger partial charge on any atom is 0.337 e. The van der Waals surface area contributed by atoms with E-state index in [1.807, 2.05) is 13.8 Å². The fourth-order valence-corrected chi connectivity index (χ4v) is 3.73. The van der Waals surface area contributed by atoms with Gasteiger partial charge in [0, 0.05) is 24.8 Å². The van der Waals surface area contributed by atoms with Crippen LogP contribution in [-0.2, 0) is 14.8 Å². The van der Waals surface area contributed by atoms with Gasteiger partial charge in [-0.15, -0.1) is 0 Å². The number of methoxy groups -OCH3 is 1. The molecule has 1 aromatic rings. The average molecular weight is 314 g/mol. The molecule has 0 bridgehead atoms. The molecule has 7 nitrogen and oxygen atoms in total. The molecule has 1 fully saturated rings. The van der Waals surface area contributed by atoms with Gasteiger partial charge in [0.05, 0.1) is 11.7 Å². The highest BCUT2D eigenvalue weighted by molar-refractivity contribution is 7.89. The van der Waals surface area contributed by atoms with Gasteiger partial charge < -0.3 is 9.84 Å². The molecule has 2 atom stereocenters. The van der Waals surface area contributed by atoms with Crippen molar-refractivity contribution in [3.05, 3.63) is 23.9 Å². The van der Waals surface area contributed by atoms with E-state index < -0.39 is 16.0 Å². The van der Waals surface area contributed by atoms with Gasteiger partial charge in [-0.1, -0.05) is 13.8 Å². The predicted molar refractivity (Wildman–Crippen MR) is 74.5 cm³/mol. The van der Waals surface area contributed by atoms with Gasteiger partial charge in [0.2, 0.25) is 0 Å². The van der Waals surface area contributed by atoms with Gasteiger partial charge in [0.15, 0.2) is 5.03 Å². The first-order chi connectivity index (χ1) is 9.68. The number of pyridine rings is 1. The van der Waals surface area contributed by atoms with Crippen LogP contribution in [0.5, 0.6) is 0 Å². The molecule has 1 saturated carbocycles. The van der Waals surface area contributed by atoms with E-state index in [2.05, 4.69) is 9.71 Å². The molecule has 1 aliphatic carbocycles. The number of carbonyl (C=O) groups is 1. The maximum atomic E-state index is 12.2. The molecule has 2 rings (SSSR count). The maximum absolute atomic E-state index is 12.2. The van der Waals surface area contributed by atoms with Gasteiger partial charge in [0.25, 0.3) is 10.0 Å².